The van der Waals surface area contributed by atoms with Crippen molar-refractivity contribution in [3.63, 3.8) is 0 Å². The third kappa shape index (κ3) is 3.58. The summed E-state index contributed by atoms with van der Waals surface area (Å²) in [7, 11) is 3.70. The van der Waals surface area contributed by atoms with Crippen molar-refractivity contribution in [3.05, 3.63) is 64.1 Å². The van der Waals surface area contributed by atoms with Crippen molar-refractivity contribution in [1.82, 2.24) is 5.32 Å². The summed E-state index contributed by atoms with van der Waals surface area (Å²) in [5.41, 5.74) is 2.49. The van der Waals surface area contributed by atoms with Gasteiger partial charge in [0.15, 0.2) is 0 Å². The van der Waals surface area contributed by atoms with Gasteiger partial charge in [0.1, 0.15) is 5.75 Å². The lowest BCUT2D eigenvalue weighted by Gasteiger charge is -2.18. The molecule has 0 radical (unpaired) electrons. The SMILES string of the molecule is CNC(Cc1ccccc1OC)c1ccc(Br)cc1. The predicted octanol–water partition coefficient (Wildman–Crippen LogP) is 3.96. The van der Waals surface area contributed by atoms with Gasteiger partial charge in [-0.15, -0.1) is 0 Å². The number of methoxy groups -OCH3 is 1. The van der Waals surface area contributed by atoms with E-state index in [-0.39, 0.29) is 6.04 Å². The van der Waals surface area contributed by atoms with E-state index in [2.05, 4.69) is 51.6 Å². The van der Waals surface area contributed by atoms with Crippen molar-refractivity contribution in [2.45, 2.75) is 12.5 Å². The van der Waals surface area contributed by atoms with E-state index in [1.807, 2.05) is 25.2 Å². The molecule has 0 saturated carbocycles. The lowest BCUT2D eigenvalue weighted by molar-refractivity contribution is 0.406. The van der Waals surface area contributed by atoms with Crippen LogP contribution in [0.1, 0.15) is 17.2 Å². The largest absolute Gasteiger partial charge is 0.496 e. The van der Waals surface area contributed by atoms with Gasteiger partial charge in [0.25, 0.3) is 0 Å². The fourth-order valence-corrected chi connectivity index (χ4v) is 2.44. The molecule has 3 heteroatoms. The highest BCUT2D eigenvalue weighted by Gasteiger charge is 2.12. The van der Waals surface area contributed by atoms with Crippen LogP contribution in [-0.4, -0.2) is 14.2 Å². The Labute approximate surface area is 122 Å². The van der Waals surface area contributed by atoms with Crippen LogP contribution in [0.4, 0.5) is 0 Å². The van der Waals surface area contributed by atoms with E-state index < -0.39 is 0 Å². The van der Waals surface area contributed by atoms with E-state index in [1.165, 1.54) is 11.1 Å². The zero-order valence-corrected chi connectivity index (χ0v) is 12.8. The first-order valence-electron chi connectivity index (χ1n) is 6.29. The Morgan fingerprint density at radius 3 is 2.42 bits per heavy atom. The van der Waals surface area contributed by atoms with Crippen LogP contribution in [0.3, 0.4) is 0 Å². The minimum absolute atomic E-state index is 0.282. The predicted molar refractivity (Wildman–Crippen MR) is 82.6 cm³/mol. The van der Waals surface area contributed by atoms with Crippen LogP contribution >= 0.6 is 15.9 Å². The molecule has 0 aromatic heterocycles. The normalized spacial score (nSPS) is 12.2. The first-order chi connectivity index (χ1) is 9.24. The van der Waals surface area contributed by atoms with Crippen molar-refractivity contribution >= 4 is 15.9 Å². The fraction of sp³-hybridized carbons (Fsp3) is 0.250. The van der Waals surface area contributed by atoms with Gasteiger partial charge < -0.3 is 10.1 Å². The van der Waals surface area contributed by atoms with E-state index in [9.17, 15) is 0 Å². The highest BCUT2D eigenvalue weighted by molar-refractivity contribution is 9.10. The van der Waals surface area contributed by atoms with E-state index in [0.717, 1.165) is 16.6 Å². The van der Waals surface area contributed by atoms with E-state index in [4.69, 9.17) is 4.74 Å². The van der Waals surface area contributed by atoms with Crippen LogP contribution in [0.15, 0.2) is 53.0 Å². The lowest BCUT2D eigenvalue weighted by atomic mass is 9.98. The number of rotatable bonds is 5. The summed E-state index contributed by atoms with van der Waals surface area (Å²) in [5, 5.41) is 3.37. The summed E-state index contributed by atoms with van der Waals surface area (Å²) >= 11 is 3.47. The van der Waals surface area contributed by atoms with Crippen molar-refractivity contribution in [2.75, 3.05) is 14.2 Å². The minimum atomic E-state index is 0.282. The molecule has 0 heterocycles. The molecule has 0 fully saturated rings. The van der Waals surface area contributed by atoms with Crippen LogP contribution in [0.5, 0.6) is 5.75 Å². The Morgan fingerprint density at radius 1 is 1.11 bits per heavy atom. The molecule has 0 aliphatic heterocycles. The number of hydrogen-bond acceptors (Lipinski definition) is 2. The van der Waals surface area contributed by atoms with E-state index in [0.29, 0.717) is 0 Å². The number of likely N-dealkylation sites (N-methyl/N-ethyl adjacent to an activating group) is 1. The number of hydrogen-bond donors (Lipinski definition) is 1. The average Bonchev–Trinajstić information content (AvgIpc) is 2.46. The Hall–Kier alpha value is -1.32. The maximum absolute atomic E-state index is 5.41. The van der Waals surface area contributed by atoms with Gasteiger partial charge in [-0.1, -0.05) is 46.3 Å². The highest BCUT2D eigenvalue weighted by atomic mass is 79.9. The van der Waals surface area contributed by atoms with Crippen molar-refractivity contribution < 1.29 is 4.74 Å². The molecule has 19 heavy (non-hydrogen) atoms. The third-order valence-corrected chi connectivity index (χ3v) is 3.77. The average molecular weight is 320 g/mol. The smallest absolute Gasteiger partial charge is 0.122 e. The second-order valence-corrected chi connectivity index (χ2v) is 5.32. The maximum atomic E-state index is 5.41. The molecule has 2 rings (SSSR count). The molecular weight excluding hydrogens is 302 g/mol. The number of ether oxygens (including phenoxy) is 1. The molecule has 0 bridgehead atoms. The molecule has 0 saturated heterocycles. The van der Waals surface area contributed by atoms with Gasteiger partial charge in [0.05, 0.1) is 7.11 Å². The lowest BCUT2D eigenvalue weighted by Crippen LogP contribution is -2.19. The monoisotopic (exact) mass is 319 g/mol. The Kier molecular flexibility index (Phi) is 5.00. The quantitative estimate of drug-likeness (QED) is 0.900. The first-order valence-corrected chi connectivity index (χ1v) is 7.08. The Morgan fingerprint density at radius 2 is 1.79 bits per heavy atom. The molecule has 2 nitrogen and oxygen atoms in total. The Bertz CT molecular complexity index is 525. The molecular formula is C16H18BrNO. The summed E-state index contributed by atoms with van der Waals surface area (Å²) in [5.74, 6) is 0.944. The topological polar surface area (TPSA) is 21.3 Å². The molecule has 2 aromatic rings. The van der Waals surface area contributed by atoms with Crippen LogP contribution < -0.4 is 10.1 Å². The zero-order valence-electron chi connectivity index (χ0n) is 11.2. The van der Waals surface area contributed by atoms with E-state index in [1.54, 1.807) is 7.11 Å². The number of para-hydroxylation sites is 1. The van der Waals surface area contributed by atoms with Gasteiger partial charge in [-0.05, 0) is 42.8 Å². The first kappa shape index (κ1) is 14.1. The summed E-state index contributed by atoms with van der Waals surface area (Å²) in [4.78, 5) is 0. The fourth-order valence-electron chi connectivity index (χ4n) is 2.17. The second kappa shape index (κ2) is 6.73. The molecule has 0 aliphatic rings. The number of benzene rings is 2. The zero-order chi connectivity index (χ0) is 13.7. The minimum Gasteiger partial charge on any atom is -0.496 e. The van der Waals surface area contributed by atoms with Crippen LogP contribution in [0.25, 0.3) is 0 Å². The molecule has 0 amide bonds. The summed E-state index contributed by atoms with van der Waals surface area (Å²) < 4.78 is 6.51. The molecule has 0 spiro atoms. The third-order valence-electron chi connectivity index (χ3n) is 3.24. The summed E-state index contributed by atoms with van der Waals surface area (Å²) in [6, 6.07) is 16.9. The van der Waals surface area contributed by atoms with Crippen LogP contribution in [0.2, 0.25) is 0 Å². The summed E-state index contributed by atoms with van der Waals surface area (Å²) in [6.07, 6.45) is 0.905. The Balaban J connectivity index is 2.21. The summed E-state index contributed by atoms with van der Waals surface area (Å²) in [6.45, 7) is 0. The highest BCUT2D eigenvalue weighted by Crippen LogP contribution is 2.25. The molecule has 2 aromatic carbocycles. The van der Waals surface area contributed by atoms with Gasteiger partial charge >= 0.3 is 0 Å². The van der Waals surface area contributed by atoms with Gasteiger partial charge in [-0.2, -0.15) is 0 Å². The number of halogens is 1. The molecule has 1 unspecified atom stereocenters. The standard InChI is InChI=1S/C16H18BrNO/c1-18-15(12-7-9-14(17)10-8-12)11-13-5-3-4-6-16(13)19-2/h3-10,15,18H,11H2,1-2H3. The van der Waals surface area contributed by atoms with Gasteiger partial charge in [0.2, 0.25) is 0 Å². The van der Waals surface area contributed by atoms with Crippen LogP contribution in [-0.2, 0) is 6.42 Å². The van der Waals surface area contributed by atoms with Crippen LogP contribution in [0, 0.1) is 0 Å². The maximum Gasteiger partial charge on any atom is 0.122 e. The van der Waals surface area contributed by atoms with Crippen molar-refractivity contribution in [1.29, 1.82) is 0 Å². The molecule has 100 valence electrons. The van der Waals surface area contributed by atoms with Gasteiger partial charge in [-0.25, -0.2) is 0 Å². The van der Waals surface area contributed by atoms with Gasteiger partial charge in [0, 0.05) is 10.5 Å². The van der Waals surface area contributed by atoms with Gasteiger partial charge in [-0.3, -0.25) is 0 Å². The molecule has 1 N–H and O–H groups in total. The molecule has 1 atom stereocenters. The van der Waals surface area contributed by atoms with Crippen molar-refractivity contribution in [3.8, 4) is 5.75 Å². The molecule has 0 aliphatic carbocycles. The van der Waals surface area contributed by atoms with Crippen molar-refractivity contribution in [2.24, 2.45) is 0 Å². The number of nitrogens with one attached hydrogen (secondary N) is 1. The second-order valence-electron chi connectivity index (χ2n) is 4.41. The van der Waals surface area contributed by atoms with E-state index >= 15 is 0 Å².